The number of rotatable bonds is 4. The molecule has 2 atom stereocenters. The first-order chi connectivity index (χ1) is 15.6. The van der Waals surface area contributed by atoms with Crippen molar-refractivity contribution in [2.24, 2.45) is 4.99 Å². The summed E-state index contributed by atoms with van der Waals surface area (Å²) >= 11 is 0. The van der Waals surface area contributed by atoms with Crippen LogP contribution in [-0.2, 0) is 12.8 Å². The molecule has 4 rings (SSSR count). The third-order valence-electron chi connectivity index (χ3n) is 5.52. The Morgan fingerprint density at radius 2 is 1.91 bits per heavy atom. The number of halogens is 3. The highest BCUT2D eigenvalue weighted by molar-refractivity contribution is 5.99. The minimum atomic E-state index is -1.32. The number of carboxylic acid groups (broad SMARTS) is 1. The molecule has 3 aromatic rings. The molecule has 0 bridgehead atoms. The average Bonchev–Trinajstić information content (AvgIpc) is 3.10. The first-order valence-electron chi connectivity index (χ1n) is 10.0. The molecule has 0 spiro atoms. The van der Waals surface area contributed by atoms with Gasteiger partial charge in [-0.2, -0.15) is 4.99 Å². The monoisotopic (exact) mass is 459 g/mol. The van der Waals surface area contributed by atoms with E-state index in [2.05, 4.69) is 15.3 Å². The zero-order valence-electron chi connectivity index (χ0n) is 17.7. The molecule has 172 valence electrons. The van der Waals surface area contributed by atoms with Crippen molar-refractivity contribution >= 4 is 24.0 Å². The van der Waals surface area contributed by atoms with Gasteiger partial charge in [0, 0.05) is 62.4 Å². The molecule has 11 heteroatoms. The van der Waals surface area contributed by atoms with Crippen molar-refractivity contribution in [2.45, 2.75) is 24.8 Å². The van der Waals surface area contributed by atoms with Crippen LogP contribution < -0.4 is 5.32 Å². The van der Waals surface area contributed by atoms with E-state index in [4.69, 9.17) is 0 Å². The maximum absolute atomic E-state index is 14.5. The van der Waals surface area contributed by atoms with E-state index in [1.165, 1.54) is 6.34 Å². The number of carbonyl (C=O) groups excluding carboxylic acids is 1. The zero-order valence-corrected chi connectivity index (χ0v) is 17.7. The van der Waals surface area contributed by atoms with Gasteiger partial charge in [0.25, 0.3) is 5.91 Å². The fraction of sp³-hybridized carbons (Fsp3) is 0.273. The molecule has 0 saturated heterocycles. The van der Waals surface area contributed by atoms with Crippen LogP contribution in [0.15, 0.2) is 35.5 Å². The van der Waals surface area contributed by atoms with E-state index in [-0.39, 0.29) is 18.4 Å². The number of imidazole rings is 1. The van der Waals surface area contributed by atoms with E-state index in [1.807, 2.05) is 0 Å². The SMILES string of the molecule is CN(C)C=NC(=O)c1ccn2c3c(nc2c1)C[C@H](c1cc(F)c(F)cc1F)[C@@H](NC(=O)O)C3. The largest absolute Gasteiger partial charge is 0.465 e. The quantitative estimate of drug-likeness (QED) is 0.355. The Morgan fingerprint density at radius 1 is 1.18 bits per heavy atom. The Labute approximate surface area is 186 Å². The molecular weight excluding hydrogens is 439 g/mol. The summed E-state index contributed by atoms with van der Waals surface area (Å²) in [6.07, 6.45) is 1.92. The maximum atomic E-state index is 14.5. The minimum Gasteiger partial charge on any atom is -0.465 e. The molecular formula is C22H20F3N5O3. The number of amides is 2. The summed E-state index contributed by atoms with van der Waals surface area (Å²) in [5.41, 5.74) is 1.84. The first kappa shape index (κ1) is 22.3. The number of hydrogen-bond donors (Lipinski definition) is 2. The van der Waals surface area contributed by atoms with Crippen molar-refractivity contribution in [1.29, 1.82) is 0 Å². The van der Waals surface area contributed by atoms with E-state index in [0.717, 1.165) is 6.07 Å². The van der Waals surface area contributed by atoms with Crippen molar-refractivity contribution in [1.82, 2.24) is 19.6 Å². The van der Waals surface area contributed by atoms with Crippen LogP contribution in [0.1, 0.15) is 33.2 Å². The smallest absolute Gasteiger partial charge is 0.404 e. The first-order valence-corrected chi connectivity index (χ1v) is 10.0. The standard InChI is InChI=1S/C22H20F3N5O3/c1-29(2)10-26-21(31)11-3-4-30-19-9-17(28-22(32)33)13(7-18(19)27-20(30)5-11)12-6-15(24)16(25)8-14(12)23/h3-6,8,10,13,17,28H,7,9H2,1-2H3,(H,32,33)/t13-,17+/m1/s1. The summed E-state index contributed by atoms with van der Waals surface area (Å²) < 4.78 is 43.5. The number of nitrogens with one attached hydrogen (secondary N) is 1. The minimum absolute atomic E-state index is 0.0893. The van der Waals surface area contributed by atoms with Gasteiger partial charge in [-0.1, -0.05) is 0 Å². The van der Waals surface area contributed by atoms with Crippen LogP contribution >= 0.6 is 0 Å². The second-order valence-corrected chi connectivity index (χ2v) is 8.02. The van der Waals surface area contributed by atoms with Gasteiger partial charge in [-0.05, 0) is 23.8 Å². The van der Waals surface area contributed by atoms with Gasteiger partial charge >= 0.3 is 6.09 Å². The van der Waals surface area contributed by atoms with Gasteiger partial charge in [0.2, 0.25) is 0 Å². The maximum Gasteiger partial charge on any atom is 0.404 e. The van der Waals surface area contributed by atoms with Crippen LogP contribution in [0.3, 0.4) is 0 Å². The van der Waals surface area contributed by atoms with Crippen LogP contribution in [0.5, 0.6) is 0 Å². The van der Waals surface area contributed by atoms with Gasteiger partial charge in [-0.25, -0.2) is 22.9 Å². The highest BCUT2D eigenvalue weighted by Crippen LogP contribution is 2.35. The van der Waals surface area contributed by atoms with E-state index in [9.17, 15) is 27.9 Å². The summed E-state index contributed by atoms with van der Waals surface area (Å²) in [6, 6.07) is 3.53. The molecule has 1 aliphatic carbocycles. The summed E-state index contributed by atoms with van der Waals surface area (Å²) in [7, 11) is 3.47. The van der Waals surface area contributed by atoms with Gasteiger partial charge in [-0.3, -0.25) is 4.79 Å². The predicted molar refractivity (Wildman–Crippen MR) is 113 cm³/mol. The molecule has 1 aromatic carbocycles. The Morgan fingerprint density at radius 3 is 2.61 bits per heavy atom. The van der Waals surface area contributed by atoms with Crippen LogP contribution in [0.25, 0.3) is 5.65 Å². The molecule has 0 saturated carbocycles. The number of fused-ring (bicyclic) bond motifs is 3. The highest BCUT2D eigenvalue weighted by Gasteiger charge is 2.36. The lowest BCUT2D eigenvalue weighted by Gasteiger charge is -2.31. The lowest BCUT2D eigenvalue weighted by molar-refractivity contribution is 0.100. The number of nitrogens with zero attached hydrogens (tertiary/aromatic N) is 4. The predicted octanol–water partition coefficient (Wildman–Crippen LogP) is 3.00. The van der Waals surface area contributed by atoms with E-state index < -0.39 is 41.4 Å². The number of aliphatic imine (C=N–C) groups is 1. The van der Waals surface area contributed by atoms with Gasteiger partial charge in [-0.15, -0.1) is 0 Å². The lowest BCUT2D eigenvalue weighted by atomic mass is 9.80. The number of aromatic nitrogens is 2. The third kappa shape index (κ3) is 4.38. The summed E-state index contributed by atoms with van der Waals surface area (Å²) in [5, 5.41) is 11.6. The summed E-state index contributed by atoms with van der Waals surface area (Å²) in [4.78, 5) is 33.7. The third-order valence-corrected chi connectivity index (χ3v) is 5.52. The molecule has 33 heavy (non-hydrogen) atoms. The van der Waals surface area contributed by atoms with Crippen molar-refractivity contribution in [2.75, 3.05) is 14.1 Å². The number of hydrogen-bond acceptors (Lipinski definition) is 3. The fourth-order valence-electron chi connectivity index (χ4n) is 4.06. The Hall–Kier alpha value is -3.89. The van der Waals surface area contributed by atoms with Gasteiger partial charge in [0.1, 0.15) is 11.5 Å². The van der Waals surface area contributed by atoms with Crippen LogP contribution in [0.4, 0.5) is 18.0 Å². The van der Waals surface area contributed by atoms with Crippen molar-refractivity contribution in [3.63, 3.8) is 0 Å². The highest BCUT2D eigenvalue weighted by atomic mass is 19.2. The van der Waals surface area contributed by atoms with E-state index >= 15 is 0 Å². The molecule has 2 heterocycles. The Bertz CT molecular complexity index is 1290. The van der Waals surface area contributed by atoms with Gasteiger partial charge < -0.3 is 19.7 Å². The molecule has 1 aliphatic rings. The molecule has 8 nitrogen and oxygen atoms in total. The number of pyridine rings is 1. The van der Waals surface area contributed by atoms with E-state index in [1.54, 1.807) is 41.7 Å². The Balaban J connectivity index is 1.75. The molecule has 0 radical (unpaired) electrons. The molecule has 2 amide bonds. The molecule has 0 aliphatic heterocycles. The van der Waals surface area contributed by atoms with Crippen LogP contribution in [0, 0.1) is 17.5 Å². The second kappa shape index (κ2) is 8.57. The number of carbonyl (C=O) groups is 2. The fourth-order valence-corrected chi connectivity index (χ4v) is 4.06. The molecule has 0 unspecified atom stereocenters. The number of benzene rings is 1. The van der Waals surface area contributed by atoms with Crippen LogP contribution in [0.2, 0.25) is 0 Å². The Kier molecular flexibility index (Phi) is 5.79. The second-order valence-electron chi connectivity index (χ2n) is 8.02. The van der Waals surface area contributed by atoms with Crippen molar-refractivity contribution in [3.05, 3.63) is 70.4 Å². The van der Waals surface area contributed by atoms with Gasteiger partial charge in [0.05, 0.1) is 12.0 Å². The molecule has 2 aromatic heterocycles. The summed E-state index contributed by atoms with van der Waals surface area (Å²) in [5.74, 6) is -4.77. The average molecular weight is 459 g/mol. The van der Waals surface area contributed by atoms with Crippen molar-refractivity contribution in [3.8, 4) is 0 Å². The topological polar surface area (TPSA) is 99.3 Å². The van der Waals surface area contributed by atoms with Gasteiger partial charge in [0.15, 0.2) is 11.6 Å². The molecule has 0 fully saturated rings. The van der Waals surface area contributed by atoms with E-state index in [0.29, 0.717) is 28.7 Å². The normalized spacial score (nSPS) is 17.8. The van der Waals surface area contributed by atoms with Crippen molar-refractivity contribution < 1.29 is 27.9 Å². The zero-order chi connectivity index (χ0) is 23.9. The molecule has 2 N–H and O–H groups in total. The summed E-state index contributed by atoms with van der Waals surface area (Å²) in [6.45, 7) is 0. The lowest BCUT2D eigenvalue weighted by Crippen LogP contribution is -2.43. The van der Waals surface area contributed by atoms with Crippen LogP contribution in [-0.4, -0.2) is 57.9 Å².